The maximum Gasteiger partial charge on any atom is 0.275 e. The van der Waals surface area contributed by atoms with E-state index in [4.69, 9.17) is 0 Å². The van der Waals surface area contributed by atoms with Gasteiger partial charge in [-0.3, -0.25) is 23.9 Å². The number of anilines is 1. The molecular formula is C23H19N5O4. The quantitative estimate of drug-likeness (QED) is 0.515. The van der Waals surface area contributed by atoms with Gasteiger partial charge >= 0.3 is 0 Å². The van der Waals surface area contributed by atoms with Crippen molar-refractivity contribution >= 4 is 28.4 Å². The lowest BCUT2D eigenvalue weighted by Crippen LogP contribution is -2.53. The van der Waals surface area contributed by atoms with Crippen molar-refractivity contribution in [2.75, 3.05) is 4.90 Å². The second kappa shape index (κ2) is 6.27. The van der Waals surface area contributed by atoms with Gasteiger partial charge in [-0.05, 0) is 18.2 Å². The number of nitrogens with one attached hydrogen (secondary N) is 2. The molecule has 3 aliphatic rings. The maximum absolute atomic E-state index is 13.4. The first-order valence-electron chi connectivity index (χ1n) is 10.3. The van der Waals surface area contributed by atoms with Crippen LogP contribution in [0.15, 0.2) is 65.6 Å². The summed E-state index contributed by atoms with van der Waals surface area (Å²) in [7, 11) is 0. The van der Waals surface area contributed by atoms with Gasteiger partial charge in [0.2, 0.25) is 5.91 Å². The number of rotatable bonds is 2. The summed E-state index contributed by atoms with van der Waals surface area (Å²) < 4.78 is 1.37. The summed E-state index contributed by atoms with van der Waals surface area (Å²) in [6.07, 6.45) is -0.959. The molecule has 9 nitrogen and oxygen atoms in total. The molecule has 4 heterocycles. The fourth-order valence-electron chi connectivity index (χ4n) is 5.07. The third kappa shape index (κ3) is 2.31. The molecule has 0 spiro atoms. The second-order valence-corrected chi connectivity index (χ2v) is 8.30. The normalized spacial score (nSPS) is 25.9. The Hall–Kier alpha value is -3.98. The van der Waals surface area contributed by atoms with E-state index in [2.05, 4.69) is 22.2 Å². The molecule has 6 rings (SSSR count). The molecule has 0 radical (unpaired) electrons. The monoisotopic (exact) mass is 429 g/mol. The van der Waals surface area contributed by atoms with Crippen molar-refractivity contribution in [1.82, 2.24) is 20.2 Å². The zero-order chi connectivity index (χ0) is 22.2. The van der Waals surface area contributed by atoms with Crippen molar-refractivity contribution in [3.8, 4) is 0 Å². The number of hydrogen-bond donors (Lipinski definition) is 3. The fraction of sp³-hybridized carbons (Fsp3) is 0.217. The highest BCUT2D eigenvalue weighted by Crippen LogP contribution is 2.49. The average molecular weight is 429 g/mol. The predicted molar refractivity (Wildman–Crippen MR) is 115 cm³/mol. The van der Waals surface area contributed by atoms with E-state index in [9.17, 15) is 19.5 Å². The Labute approximate surface area is 182 Å². The number of para-hydroxylation sites is 2. The molecule has 0 bridgehead atoms. The summed E-state index contributed by atoms with van der Waals surface area (Å²) in [5.41, 5.74) is -0.183. The van der Waals surface area contributed by atoms with E-state index >= 15 is 0 Å². The minimum Gasteiger partial charge on any atom is -0.381 e. The van der Waals surface area contributed by atoms with Crippen LogP contribution in [-0.4, -0.2) is 32.6 Å². The number of carbonyl (C=O) groups is 2. The molecule has 3 atom stereocenters. The van der Waals surface area contributed by atoms with Crippen LogP contribution in [0.25, 0.3) is 10.9 Å². The van der Waals surface area contributed by atoms with E-state index in [-0.39, 0.29) is 36.0 Å². The zero-order valence-corrected chi connectivity index (χ0v) is 16.9. The zero-order valence-electron chi connectivity index (χ0n) is 16.9. The van der Waals surface area contributed by atoms with Gasteiger partial charge in [-0.1, -0.05) is 36.9 Å². The molecule has 3 aliphatic heterocycles. The standard InChI is InChI=1S/C23H19N5O4/c1-12-20(30)28-16-9-5-3-7-14(16)23(32,22(28)25-12)10-17-19(29)24-11-18-26-15-8-4-2-6-13(15)21(31)27(17)18/h2-9,17,22,25,32H,1,10-11H2,(H,24,29)/t17-,22+,23-/m0/s1. The third-order valence-corrected chi connectivity index (χ3v) is 6.55. The van der Waals surface area contributed by atoms with Crippen molar-refractivity contribution in [2.45, 2.75) is 30.8 Å². The number of hydrogen-bond acceptors (Lipinski definition) is 6. The van der Waals surface area contributed by atoms with Gasteiger partial charge < -0.3 is 15.7 Å². The van der Waals surface area contributed by atoms with Crippen LogP contribution < -0.4 is 21.1 Å². The van der Waals surface area contributed by atoms with Crippen LogP contribution in [0.2, 0.25) is 0 Å². The van der Waals surface area contributed by atoms with E-state index < -0.39 is 17.8 Å². The summed E-state index contributed by atoms with van der Waals surface area (Å²) in [5.74, 6) is -0.300. The Balaban J connectivity index is 1.52. The topological polar surface area (TPSA) is 117 Å². The minimum atomic E-state index is -1.63. The maximum atomic E-state index is 13.4. The Morgan fingerprint density at radius 2 is 1.88 bits per heavy atom. The van der Waals surface area contributed by atoms with Gasteiger partial charge in [-0.15, -0.1) is 0 Å². The lowest BCUT2D eigenvalue weighted by Gasteiger charge is -2.36. The van der Waals surface area contributed by atoms with Crippen molar-refractivity contribution in [3.63, 3.8) is 0 Å². The Bertz CT molecular complexity index is 1410. The smallest absolute Gasteiger partial charge is 0.275 e. The largest absolute Gasteiger partial charge is 0.381 e. The molecular weight excluding hydrogens is 410 g/mol. The first-order chi connectivity index (χ1) is 15.4. The summed E-state index contributed by atoms with van der Waals surface area (Å²) in [5, 5.41) is 18.1. The highest BCUT2D eigenvalue weighted by atomic mass is 16.3. The Morgan fingerprint density at radius 3 is 2.72 bits per heavy atom. The highest BCUT2D eigenvalue weighted by molar-refractivity contribution is 6.09. The first kappa shape index (κ1) is 18.8. The molecule has 0 unspecified atom stereocenters. The van der Waals surface area contributed by atoms with E-state index in [1.165, 1.54) is 9.47 Å². The van der Waals surface area contributed by atoms with E-state index in [0.29, 0.717) is 28.0 Å². The lowest BCUT2D eigenvalue weighted by atomic mass is 9.85. The average Bonchev–Trinajstić information content (AvgIpc) is 3.22. The van der Waals surface area contributed by atoms with Crippen LogP contribution in [0.5, 0.6) is 0 Å². The van der Waals surface area contributed by atoms with Crippen LogP contribution in [0.4, 0.5) is 5.69 Å². The second-order valence-electron chi connectivity index (χ2n) is 8.30. The molecule has 1 fully saturated rings. The fourth-order valence-corrected chi connectivity index (χ4v) is 5.07. The summed E-state index contributed by atoms with van der Waals surface area (Å²) in [6, 6.07) is 13.0. The molecule has 160 valence electrons. The molecule has 0 aliphatic carbocycles. The van der Waals surface area contributed by atoms with Crippen molar-refractivity contribution in [1.29, 1.82) is 0 Å². The Kier molecular flexibility index (Phi) is 3.68. The van der Waals surface area contributed by atoms with Crippen molar-refractivity contribution < 1.29 is 14.7 Å². The number of aromatic nitrogens is 2. The summed E-state index contributed by atoms with van der Waals surface area (Å²) >= 11 is 0. The summed E-state index contributed by atoms with van der Waals surface area (Å²) in [4.78, 5) is 45.1. The number of amides is 2. The molecule has 32 heavy (non-hydrogen) atoms. The van der Waals surface area contributed by atoms with Crippen LogP contribution in [0.1, 0.15) is 23.9 Å². The van der Waals surface area contributed by atoms with E-state index in [1.54, 1.807) is 48.5 Å². The van der Waals surface area contributed by atoms with Crippen LogP contribution in [0, 0.1) is 0 Å². The van der Waals surface area contributed by atoms with Gasteiger partial charge in [0.25, 0.3) is 11.5 Å². The Morgan fingerprint density at radius 1 is 1.12 bits per heavy atom. The van der Waals surface area contributed by atoms with Crippen LogP contribution in [0.3, 0.4) is 0 Å². The van der Waals surface area contributed by atoms with Gasteiger partial charge in [-0.25, -0.2) is 4.98 Å². The SMILES string of the molecule is C=C1N[C@@H]2N(C1=O)c1ccccc1[C@@]2(O)C[C@H]1C(=O)NCc2nc3ccccc3c(=O)n21. The van der Waals surface area contributed by atoms with Gasteiger partial charge in [0.05, 0.1) is 28.8 Å². The number of aliphatic hydroxyl groups is 1. The van der Waals surface area contributed by atoms with E-state index in [0.717, 1.165) is 0 Å². The van der Waals surface area contributed by atoms with Crippen molar-refractivity contribution in [3.05, 3.63) is 82.5 Å². The molecule has 1 saturated heterocycles. The molecule has 9 heteroatoms. The molecule has 3 N–H and O–H groups in total. The van der Waals surface area contributed by atoms with Gasteiger partial charge in [0.15, 0.2) is 0 Å². The highest BCUT2D eigenvalue weighted by Gasteiger charge is 2.57. The molecule has 3 aromatic rings. The van der Waals surface area contributed by atoms with Crippen LogP contribution in [-0.2, 0) is 21.7 Å². The predicted octanol–water partition coefficient (Wildman–Crippen LogP) is 0.635. The van der Waals surface area contributed by atoms with Gasteiger partial charge in [0.1, 0.15) is 23.6 Å². The first-order valence-corrected chi connectivity index (χ1v) is 10.3. The molecule has 0 saturated carbocycles. The number of benzene rings is 2. The number of fused-ring (bicyclic) bond motifs is 5. The molecule has 2 aromatic carbocycles. The molecule has 2 amide bonds. The summed E-state index contributed by atoms with van der Waals surface area (Å²) in [6.45, 7) is 3.86. The third-order valence-electron chi connectivity index (χ3n) is 6.55. The lowest BCUT2D eigenvalue weighted by molar-refractivity contribution is -0.128. The van der Waals surface area contributed by atoms with Crippen molar-refractivity contribution in [2.24, 2.45) is 0 Å². The van der Waals surface area contributed by atoms with Gasteiger partial charge in [-0.2, -0.15) is 0 Å². The molecule has 1 aromatic heterocycles. The van der Waals surface area contributed by atoms with E-state index in [1.807, 2.05) is 0 Å². The number of carbonyl (C=O) groups excluding carboxylic acids is 2. The minimum absolute atomic E-state index is 0.119. The van der Waals surface area contributed by atoms with Gasteiger partial charge in [0, 0.05) is 12.0 Å². The number of nitrogens with zero attached hydrogens (tertiary/aromatic N) is 3. The van der Waals surface area contributed by atoms with Crippen LogP contribution >= 0.6 is 0 Å².